The molecule has 3 aliphatic rings. The Hall–Kier alpha value is -1.32. The first-order valence-electron chi connectivity index (χ1n) is 10.0. The number of hydrogen-bond acceptors (Lipinski definition) is 3. The second-order valence-corrected chi connectivity index (χ2v) is 8.36. The molecular formula is C21H29F3N2O. The molecule has 150 valence electrons. The molecule has 1 saturated heterocycles. The number of ether oxygens (including phenoxy) is 1. The van der Waals surface area contributed by atoms with E-state index in [0.29, 0.717) is 6.42 Å². The van der Waals surface area contributed by atoms with Gasteiger partial charge in [0.1, 0.15) is 0 Å². The van der Waals surface area contributed by atoms with E-state index in [2.05, 4.69) is 13.0 Å². The Morgan fingerprint density at radius 1 is 1.26 bits per heavy atom. The standard InChI is InChI=1S/C21H29F3N2O/c1-2-19(12-13-25)10-8-18(9-11-19)26-15-20(16-26,21(22,23)24)27-14-17-6-4-3-5-7-17/h4,6-7,18H,2-3,5,8-12,14-16H2,1H3. The van der Waals surface area contributed by atoms with Crippen molar-refractivity contribution in [3.05, 3.63) is 23.8 Å². The molecule has 0 N–H and O–H groups in total. The highest BCUT2D eigenvalue weighted by Crippen LogP contribution is 2.47. The Morgan fingerprint density at radius 2 is 1.96 bits per heavy atom. The maximum atomic E-state index is 13.7. The third-order valence-electron chi connectivity index (χ3n) is 6.76. The summed E-state index contributed by atoms with van der Waals surface area (Å²) >= 11 is 0. The minimum atomic E-state index is -4.36. The first-order valence-corrected chi connectivity index (χ1v) is 10.0. The summed E-state index contributed by atoms with van der Waals surface area (Å²) in [4.78, 5) is 1.94. The molecule has 0 radical (unpaired) electrons. The van der Waals surface area contributed by atoms with E-state index in [-0.39, 0.29) is 31.2 Å². The van der Waals surface area contributed by atoms with Crippen LogP contribution in [-0.2, 0) is 4.74 Å². The minimum absolute atomic E-state index is 0.0234. The lowest BCUT2D eigenvalue weighted by atomic mass is 9.68. The molecule has 0 aromatic heterocycles. The monoisotopic (exact) mass is 382 g/mol. The fourth-order valence-corrected chi connectivity index (χ4v) is 4.62. The fourth-order valence-electron chi connectivity index (χ4n) is 4.62. The first-order chi connectivity index (χ1) is 12.8. The molecule has 2 fully saturated rings. The van der Waals surface area contributed by atoms with Gasteiger partial charge >= 0.3 is 6.18 Å². The third kappa shape index (κ3) is 4.25. The number of allylic oxidation sites excluding steroid dienone is 2. The largest absolute Gasteiger partial charge is 0.419 e. The Labute approximate surface area is 159 Å². The zero-order valence-corrected chi connectivity index (χ0v) is 16.0. The summed E-state index contributed by atoms with van der Waals surface area (Å²) in [5.74, 6) is 0. The molecule has 3 rings (SSSR count). The summed E-state index contributed by atoms with van der Waals surface area (Å²) in [5.41, 5.74) is -1.14. The number of halogens is 3. The molecule has 0 aromatic rings. The van der Waals surface area contributed by atoms with E-state index in [0.717, 1.165) is 50.5 Å². The summed E-state index contributed by atoms with van der Waals surface area (Å²) in [7, 11) is 0. The lowest BCUT2D eigenvalue weighted by molar-refractivity contribution is -0.321. The summed E-state index contributed by atoms with van der Waals surface area (Å²) in [5, 5.41) is 9.06. The third-order valence-corrected chi connectivity index (χ3v) is 6.76. The quantitative estimate of drug-likeness (QED) is 0.637. The predicted molar refractivity (Wildman–Crippen MR) is 98.0 cm³/mol. The Kier molecular flexibility index (Phi) is 6.02. The zero-order chi connectivity index (χ0) is 19.5. The maximum absolute atomic E-state index is 13.7. The summed E-state index contributed by atoms with van der Waals surface area (Å²) in [6.45, 7) is 1.99. The predicted octanol–water partition coefficient (Wildman–Crippen LogP) is 5.15. The van der Waals surface area contributed by atoms with Gasteiger partial charge in [0.25, 0.3) is 0 Å². The summed E-state index contributed by atoms with van der Waals surface area (Å²) < 4.78 is 46.6. The van der Waals surface area contributed by atoms with E-state index in [4.69, 9.17) is 10.00 Å². The van der Waals surface area contributed by atoms with Crippen LogP contribution >= 0.6 is 0 Å². The molecular weight excluding hydrogens is 353 g/mol. The molecule has 2 aliphatic carbocycles. The Bertz CT molecular complexity index is 618. The molecule has 6 heteroatoms. The topological polar surface area (TPSA) is 36.3 Å². The van der Waals surface area contributed by atoms with Crippen LogP contribution in [0, 0.1) is 16.7 Å². The van der Waals surface area contributed by atoms with Gasteiger partial charge in [-0.15, -0.1) is 0 Å². The van der Waals surface area contributed by atoms with E-state index in [1.165, 1.54) is 0 Å². The van der Waals surface area contributed by atoms with Crippen LogP contribution in [0.15, 0.2) is 23.8 Å². The minimum Gasteiger partial charge on any atom is -0.358 e. The molecule has 0 bridgehead atoms. The highest BCUT2D eigenvalue weighted by molar-refractivity contribution is 5.23. The van der Waals surface area contributed by atoms with Gasteiger partial charge in [-0.2, -0.15) is 18.4 Å². The fraction of sp³-hybridized carbons (Fsp3) is 0.762. The van der Waals surface area contributed by atoms with E-state index in [1.54, 1.807) is 0 Å². The molecule has 0 aromatic carbocycles. The molecule has 0 spiro atoms. The van der Waals surface area contributed by atoms with E-state index in [1.807, 2.05) is 23.1 Å². The number of alkyl halides is 3. The molecule has 1 saturated carbocycles. The highest BCUT2D eigenvalue weighted by atomic mass is 19.4. The van der Waals surface area contributed by atoms with E-state index >= 15 is 0 Å². The normalized spacial score (nSPS) is 31.1. The van der Waals surface area contributed by atoms with Crippen molar-refractivity contribution in [2.45, 2.75) is 76.1 Å². The molecule has 1 heterocycles. The molecule has 0 unspecified atom stereocenters. The molecule has 0 atom stereocenters. The van der Waals surface area contributed by atoms with Gasteiger partial charge in [0.05, 0.1) is 12.7 Å². The number of rotatable bonds is 6. The van der Waals surface area contributed by atoms with Crippen molar-refractivity contribution in [2.75, 3.05) is 19.7 Å². The Balaban J connectivity index is 1.56. The van der Waals surface area contributed by atoms with Crippen molar-refractivity contribution < 1.29 is 17.9 Å². The van der Waals surface area contributed by atoms with Crippen molar-refractivity contribution >= 4 is 0 Å². The zero-order valence-electron chi connectivity index (χ0n) is 16.0. The van der Waals surface area contributed by atoms with Crippen molar-refractivity contribution in [1.29, 1.82) is 5.26 Å². The van der Waals surface area contributed by atoms with Crippen LogP contribution in [0.3, 0.4) is 0 Å². The van der Waals surface area contributed by atoms with E-state index in [9.17, 15) is 13.2 Å². The first kappa shape index (κ1) is 20.4. The molecule has 0 amide bonds. The van der Waals surface area contributed by atoms with Gasteiger partial charge < -0.3 is 4.74 Å². The summed E-state index contributed by atoms with van der Waals surface area (Å²) in [6.07, 6.45) is 8.37. The lowest BCUT2D eigenvalue weighted by Crippen LogP contribution is -2.72. The van der Waals surface area contributed by atoms with Crippen molar-refractivity contribution in [2.24, 2.45) is 5.41 Å². The van der Waals surface area contributed by atoms with Crippen molar-refractivity contribution in [3.63, 3.8) is 0 Å². The van der Waals surface area contributed by atoms with Crippen LogP contribution < -0.4 is 0 Å². The molecule has 1 aliphatic heterocycles. The van der Waals surface area contributed by atoms with Crippen LogP contribution in [0.25, 0.3) is 0 Å². The van der Waals surface area contributed by atoms with Gasteiger partial charge in [0, 0.05) is 25.6 Å². The second kappa shape index (κ2) is 7.97. The van der Waals surface area contributed by atoms with Crippen molar-refractivity contribution in [3.8, 4) is 6.07 Å². The number of likely N-dealkylation sites (tertiary alicyclic amines) is 1. The van der Waals surface area contributed by atoms with Crippen LogP contribution in [0.1, 0.15) is 58.3 Å². The van der Waals surface area contributed by atoms with Crippen LogP contribution in [0.4, 0.5) is 13.2 Å². The van der Waals surface area contributed by atoms with Gasteiger partial charge in [-0.25, -0.2) is 0 Å². The summed E-state index contributed by atoms with van der Waals surface area (Å²) in [6, 6.07) is 2.47. The second-order valence-electron chi connectivity index (χ2n) is 8.36. The smallest absolute Gasteiger partial charge is 0.358 e. The number of nitrogens with zero attached hydrogens (tertiary/aromatic N) is 2. The van der Waals surface area contributed by atoms with Gasteiger partial charge in [0.15, 0.2) is 5.60 Å². The maximum Gasteiger partial charge on any atom is 0.419 e. The van der Waals surface area contributed by atoms with Gasteiger partial charge in [-0.05, 0) is 55.9 Å². The highest BCUT2D eigenvalue weighted by Gasteiger charge is 2.64. The molecule has 3 nitrogen and oxygen atoms in total. The average Bonchev–Trinajstić information content (AvgIpc) is 2.62. The average molecular weight is 382 g/mol. The van der Waals surface area contributed by atoms with Gasteiger partial charge in [-0.1, -0.05) is 25.2 Å². The molecule has 27 heavy (non-hydrogen) atoms. The van der Waals surface area contributed by atoms with Crippen LogP contribution in [-0.4, -0.2) is 42.4 Å². The van der Waals surface area contributed by atoms with Crippen LogP contribution in [0.2, 0.25) is 0 Å². The lowest BCUT2D eigenvalue weighted by Gasteiger charge is -2.55. The van der Waals surface area contributed by atoms with Crippen molar-refractivity contribution in [1.82, 2.24) is 4.90 Å². The number of hydrogen-bond donors (Lipinski definition) is 0. The number of nitriles is 1. The Morgan fingerprint density at radius 3 is 2.48 bits per heavy atom. The van der Waals surface area contributed by atoms with Crippen LogP contribution in [0.5, 0.6) is 0 Å². The van der Waals surface area contributed by atoms with Gasteiger partial charge in [-0.3, -0.25) is 4.90 Å². The van der Waals surface area contributed by atoms with Gasteiger partial charge in [0.2, 0.25) is 0 Å². The SMILES string of the molecule is CCC1(CC#N)CCC(N2CC(OCC3=CCCC=C3)(C(F)(F)F)C2)CC1. The van der Waals surface area contributed by atoms with E-state index < -0.39 is 11.8 Å².